The van der Waals surface area contributed by atoms with Crippen LogP contribution in [-0.4, -0.2) is 52.8 Å². The number of sulfonamides is 1. The third kappa shape index (κ3) is 3.78. The number of likely N-dealkylation sites (N-methyl/N-ethyl adjacent to an activating group) is 1. The first-order valence-corrected chi connectivity index (χ1v) is 9.38. The number of ether oxygens (including phenoxy) is 3. The van der Waals surface area contributed by atoms with Gasteiger partial charge in [-0.05, 0) is 38.0 Å². The van der Waals surface area contributed by atoms with E-state index in [2.05, 4.69) is 5.16 Å². The summed E-state index contributed by atoms with van der Waals surface area (Å²) in [5.41, 5.74) is 1.21. The second-order valence-electron chi connectivity index (χ2n) is 5.76. The molecule has 0 saturated heterocycles. The van der Waals surface area contributed by atoms with Crippen molar-refractivity contribution >= 4 is 10.0 Å². The van der Waals surface area contributed by atoms with E-state index in [0.29, 0.717) is 29.4 Å². The molecule has 0 unspecified atom stereocenters. The number of benzene rings is 1. The van der Waals surface area contributed by atoms with Crippen LogP contribution in [0.2, 0.25) is 0 Å². The molecule has 0 radical (unpaired) electrons. The minimum absolute atomic E-state index is 0.116. The van der Waals surface area contributed by atoms with Gasteiger partial charge in [0.25, 0.3) is 0 Å². The molecule has 0 amide bonds. The van der Waals surface area contributed by atoms with Gasteiger partial charge in [0.2, 0.25) is 15.8 Å². The van der Waals surface area contributed by atoms with Crippen LogP contribution in [0.25, 0.3) is 0 Å². The highest BCUT2D eigenvalue weighted by atomic mass is 32.2. The Kier molecular flexibility index (Phi) is 6.14. The van der Waals surface area contributed by atoms with Crippen molar-refractivity contribution in [3.8, 4) is 17.2 Å². The summed E-state index contributed by atoms with van der Waals surface area (Å²) in [6, 6.07) is 3.61. The summed E-state index contributed by atoms with van der Waals surface area (Å²) in [5.74, 6) is 1.83. The maximum Gasteiger partial charge on any atom is 0.248 e. The van der Waals surface area contributed by atoms with Gasteiger partial charge in [-0.1, -0.05) is 5.16 Å². The molecule has 1 aromatic carbocycles. The van der Waals surface area contributed by atoms with E-state index in [1.807, 2.05) is 0 Å². The van der Waals surface area contributed by atoms with Crippen LogP contribution in [0.3, 0.4) is 0 Å². The Bertz CT molecular complexity index is 831. The van der Waals surface area contributed by atoms with Crippen molar-refractivity contribution in [3.63, 3.8) is 0 Å². The van der Waals surface area contributed by atoms with Gasteiger partial charge in [0.05, 0.1) is 21.3 Å². The molecule has 0 aliphatic carbocycles. The largest absolute Gasteiger partial charge is 0.493 e. The third-order valence-electron chi connectivity index (χ3n) is 4.08. The van der Waals surface area contributed by atoms with Crippen LogP contribution in [0.4, 0.5) is 0 Å². The van der Waals surface area contributed by atoms with Gasteiger partial charge >= 0.3 is 0 Å². The molecule has 1 aromatic heterocycles. The van der Waals surface area contributed by atoms with Crippen LogP contribution in [0, 0.1) is 13.8 Å². The predicted molar refractivity (Wildman–Crippen MR) is 95.6 cm³/mol. The highest BCUT2D eigenvalue weighted by Crippen LogP contribution is 2.38. The van der Waals surface area contributed by atoms with Crippen molar-refractivity contribution in [1.82, 2.24) is 9.46 Å². The van der Waals surface area contributed by atoms with E-state index in [9.17, 15) is 8.42 Å². The van der Waals surface area contributed by atoms with E-state index < -0.39 is 10.0 Å². The molecule has 0 fully saturated rings. The van der Waals surface area contributed by atoms with Gasteiger partial charge in [-0.15, -0.1) is 0 Å². The number of hydrogen-bond donors (Lipinski definition) is 0. The number of aromatic nitrogens is 1. The van der Waals surface area contributed by atoms with Crippen LogP contribution in [0.15, 0.2) is 21.6 Å². The number of nitrogens with zero attached hydrogens (tertiary/aromatic N) is 2. The quantitative estimate of drug-likeness (QED) is 0.689. The van der Waals surface area contributed by atoms with Gasteiger partial charge < -0.3 is 18.7 Å². The summed E-state index contributed by atoms with van der Waals surface area (Å²) >= 11 is 0. The van der Waals surface area contributed by atoms with Crippen molar-refractivity contribution in [1.29, 1.82) is 0 Å². The standard InChI is InChI=1S/C17H24N2O6S/c1-11-17(12(2)25-18-11)26(20,21)19(3)8-7-13-9-14(22-4)16(24-6)15(10-13)23-5/h9-10H,7-8H2,1-6H3. The van der Waals surface area contributed by atoms with Gasteiger partial charge in [-0.3, -0.25) is 0 Å². The minimum Gasteiger partial charge on any atom is -0.493 e. The fourth-order valence-corrected chi connectivity index (χ4v) is 4.14. The van der Waals surface area contributed by atoms with Gasteiger partial charge in [0, 0.05) is 13.6 Å². The van der Waals surface area contributed by atoms with Crippen LogP contribution in [0.5, 0.6) is 17.2 Å². The van der Waals surface area contributed by atoms with E-state index in [0.717, 1.165) is 5.56 Å². The van der Waals surface area contributed by atoms with Crippen LogP contribution >= 0.6 is 0 Å². The molecule has 26 heavy (non-hydrogen) atoms. The van der Waals surface area contributed by atoms with E-state index in [1.165, 1.54) is 32.7 Å². The number of methoxy groups -OCH3 is 3. The summed E-state index contributed by atoms with van der Waals surface area (Å²) < 4.78 is 47.7. The smallest absolute Gasteiger partial charge is 0.248 e. The molecule has 2 rings (SSSR count). The zero-order valence-electron chi connectivity index (χ0n) is 15.8. The maximum absolute atomic E-state index is 12.8. The molecule has 0 bridgehead atoms. The Morgan fingerprint density at radius 2 is 1.65 bits per heavy atom. The highest BCUT2D eigenvalue weighted by Gasteiger charge is 2.28. The summed E-state index contributed by atoms with van der Waals surface area (Å²) in [7, 11) is 2.45. The zero-order valence-corrected chi connectivity index (χ0v) is 16.6. The molecule has 0 aliphatic heterocycles. The molecule has 0 atom stereocenters. The Balaban J connectivity index is 2.23. The average molecular weight is 384 g/mol. The van der Waals surface area contributed by atoms with Gasteiger partial charge in [0.1, 0.15) is 10.6 Å². The molecule has 2 aromatic rings. The minimum atomic E-state index is -3.68. The fourth-order valence-electron chi connectivity index (χ4n) is 2.69. The average Bonchev–Trinajstić information content (AvgIpc) is 2.97. The summed E-state index contributed by atoms with van der Waals surface area (Å²) in [5, 5.41) is 3.72. The second-order valence-corrected chi connectivity index (χ2v) is 7.75. The molecule has 0 saturated carbocycles. The van der Waals surface area contributed by atoms with Crippen molar-refractivity contribution in [2.45, 2.75) is 25.2 Å². The summed E-state index contributed by atoms with van der Waals surface area (Å²) in [4.78, 5) is 0.116. The van der Waals surface area contributed by atoms with Gasteiger partial charge in [-0.25, -0.2) is 12.7 Å². The van der Waals surface area contributed by atoms with Crippen molar-refractivity contribution in [2.75, 3.05) is 34.9 Å². The van der Waals surface area contributed by atoms with Crippen LogP contribution in [-0.2, 0) is 16.4 Å². The Labute approximate surface area is 153 Å². The SMILES string of the molecule is COc1cc(CCN(C)S(=O)(=O)c2c(C)noc2C)cc(OC)c1OC. The monoisotopic (exact) mass is 384 g/mol. The molecule has 1 heterocycles. The van der Waals surface area contributed by atoms with Crippen molar-refractivity contribution in [2.24, 2.45) is 0 Å². The van der Waals surface area contributed by atoms with E-state index in [1.54, 1.807) is 26.0 Å². The van der Waals surface area contributed by atoms with Crippen LogP contribution in [0.1, 0.15) is 17.0 Å². The lowest BCUT2D eigenvalue weighted by Crippen LogP contribution is -2.29. The number of aryl methyl sites for hydroxylation is 2. The molecule has 144 valence electrons. The second kappa shape index (κ2) is 7.96. The fraction of sp³-hybridized carbons (Fsp3) is 0.471. The Morgan fingerprint density at radius 3 is 2.08 bits per heavy atom. The first-order valence-electron chi connectivity index (χ1n) is 7.94. The molecule has 9 heteroatoms. The van der Waals surface area contributed by atoms with Crippen molar-refractivity contribution < 1.29 is 27.2 Å². The summed E-state index contributed by atoms with van der Waals surface area (Å²) in [6.07, 6.45) is 0.468. The molecular formula is C17H24N2O6S. The molecular weight excluding hydrogens is 360 g/mol. The van der Waals surface area contributed by atoms with Gasteiger partial charge in [-0.2, -0.15) is 0 Å². The predicted octanol–water partition coefficient (Wildman–Crippen LogP) is 2.18. The number of rotatable bonds is 8. The van der Waals surface area contributed by atoms with E-state index in [-0.39, 0.29) is 17.2 Å². The first-order chi connectivity index (χ1) is 12.3. The number of hydrogen-bond acceptors (Lipinski definition) is 7. The van der Waals surface area contributed by atoms with Crippen molar-refractivity contribution in [3.05, 3.63) is 29.2 Å². The Morgan fingerprint density at radius 1 is 1.08 bits per heavy atom. The van der Waals surface area contributed by atoms with Crippen LogP contribution < -0.4 is 14.2 Å². The maximum atomic E-state index is 12.8. The van der Waals surface area contributed by atoms with E-state index in [4.69, 9.17) is 18.7 Å². The molecule has 0 aliphatic rings. The molecule has 0 N–H and O–H groups in total. The lowest BCUT2D eigenvalue weighted by Gasteiger charge is -2.18. The third-order valence-corrected chi connectivity index (χ3v) is 6.18. The van der Waals surface area contributed by atoms with Gasteiger partial charge in [0.15, 0.2) is 17.3 Å². The first kappa shape index (κ1) is 20.1. The topological polar surface area (TPSA) is 91.1 Å². The summed E-state index contributed by atoms with van der Waals surface area (Å²) in [6.45, 7) is 3.46. The zero-order chi connectivity index (χ0) is 19.5. The van der Waals surface area contributed by atoms with E-state index >= 15 is 0 Å². The normalized spacial score (nSPS) is 11.7. The lowest BCUT2D eigenvalue weighted by atomic mass is 10.1. The molecule has 8 nitrogen and oxygen atoms in total. The lowest BCUT2D eigenvalue weighted by molar-refractivity contribution is 0.323. The Hall–Kier alpha value is -2.26. The molecule has 0 spiro atoms. The highest BCUT2D eigenvalue weighted by molar-refractivity contribution is 7.89.